The van der Waals surface area contributed by atoms with Crippen LogP contribution in [0, 0.1) is 12.7 Å². The molecule has 2 aromatic rings. The Hall–Kier alpha value is -2.21. The van der Waals surface area contributed by atoms with E-state index in [1.165, 1.54) is 12.1 Å². The zero-order valence-electron chi connectivity index (χ0n) is 13.3. The Morgan fingerprint density at radius 1 is 1.43 bits per heavy atom. The number of rotatable bonds is 4. The molecule has 1 fully saturated rings. The second-order valence-corrected chi connectivity index (χ2v) is 5.81. The van der Waals surface area contributed by atoms with Gasteiger partial charge in [0.15, 0.2) is 0 Å². The molecule has 0 aliphatic carbocycles. The highest BCUT2D eigenvalue weighted by Gasteiger charge is 2.25. The number of aromatic nitrogens is 2. The topological polar surface area (TPSA) is 56.1 Å². The van der Waals surface area contributed by atoms with Crippen LogP contribution in [-0.4, -0.2) is 28.4 Å². The third kappa shape index (κ3) is 3.27. The van der Waals surface area contributed by atoms with E-state index in [4.69, 9.17) is 4.74 Å². The van der Waals surface area contributed by atoms with E-state index in [1.807, 2.05) is 13.8 Å². The van der Waals surface area contributed by atoms with Crippen molar-refractivity contribution in [1.29, 1.82) is 0 Å². The van der Waals surface area contributed by atoms with Crippen LogP contribution in [0.1, 0.15) is 37.1 Å². The predicted octanol–water partition coefficient (Wildman–Crippen LogP) is 2.68. The highest BCUT2D eigenvalue weighted by atomic mass is 19.1. The highest BCUT2D eigenvalue weighted by Crippen LogP contribution is 2.21. The first-order chi connectivity index (χ1) is 11.1. The van der Waals surface area contributed by atoms with Crippen LogP contribution in [0.4, 0.5) is 4.39 Å². The predicted molar refractivity (Wildman–Crippen MR) is 83.8 cm³/mol. The molecule has 23 heavy (non-hydrogen) atoms. The van der Waals surface area contributed by atoms with Crippen molar-refractivity contribution >= 4 is 5.91 Å². The summed E-state index contributed by atoms with van der Waals surface area (Å²) in [5.41, 5.74) is 2.63. The molecule has 0 saturated carbocycles. The van der Waals surface area contributed by atoms with Gasteiger partial charge in [-0.1, -0.05) is 0 Å². The van der Waals surface area contributed by atoms with Gasteiger partial charge in [-0.25, -0.2) is 9.07 Å². The van der Waals surface area contributed by atoms with Crippen LogP contribution in [0.3, 0.4) is 0 Å². The van der Waals surface area contributed by atoms with E-state index in [0.717, 1.165) is 29.8 Å². The van der Waals surface area contributed by atoms with E-state index in [9.17, 15) is 9.18 Å². The molecule has 1 aromatic carbocycles. The average Bonchev–Trinajstić information content (AvgIpc) is 3.18. The van der Waals surface area contributed by atoms with Gasteiger partial charge in [-0.15, -0.1) is 0 Å². The summed E-state index contributed by atoms with van der Waals surface area (Å²) in [6, 6.07) is 5.99. The number of benzene rings is 1. The van der Waals surface area contributed by atoms with Gasteiger partial charge in [0.2, 0.25) is 5.91 Å². The minimum Gasteiger partial charge on any atom is -0.368 e. The van der Waals surface area contributed by atoms with Crippen molar-refractivity contribution in [2.75, 3.05) is 6.61 Å². The average molecular weight is 317 g/mol. The number of ether oxygens (including phenoxy) is 1. The third-order valence-electron chi connectivity index (χ3n) is 4.17. The monoisotopic (exact) mass is 317 g/mol. The molecule has 1 saturated heterocycles. The van der Waals surface area contributed by atoms with Gasteiger partial charge in [-0.3, -0.25) is 4.79 Å². The van der Waals surface area contributed by atoms with Gasteiger partial charge >= 0.3 is 0 Å². The fourth-order valence-electron chi connectivity index (χ4n) is 2.86. The number of nitrogens with zero attached hydrogens (tertiary/aromatic N) is 2. The van der Waals surface area contributed by atoms with Gasteiger partial charge in [0.1, 0.15) is 11.9 Å². The van der Waals surface area contributed by atoms with E-state index in [1.54, 1.807) is 23.0 Å². The van der Waals surface area contributed by atoms with Crippen molar-refractivity contribution in [3.05, 3.63) is 47.5 Å². The van der Waals surface area contributed by atoms with Crippen molar-refractivity contribution in [3.8, 4) is 5.69 Å². The molecule has 6 heteroatoms. The maximum Gasteiger partial charge on any atom is 0.249 e. The van der Waals surface area contributed by atoms with Gasteiger partial charge in [-0.2, -0.15) is 5.10 Å². The smallest absolute Gasteiger partial charge is 0.249 e. The number of halogens is 1. The molecule has 0 bridgehead atoms. The molecule has 122 valence electrons. The lowest BCUT2D eigenvalue weighted by atomic mass is 10.1. The van der Waals surface area contributed by atoms with E-state index < -0.39 is 0 Å². The number of carbonyl (C=O) groups is 1. The molecule has 1 aliphatic heterocycles. The minimum atomic E-state index is -0.343. The Labute approximate surface area is 134 Å². The van der Waals surface area contributed by atoms with Gasteiger partial charge in [0.25, 0.3) is 0 Å². The maximum absolute atomic E-state index is 13.0. The highest BCUT2D eigenvalue weighted by molar-refractivity contribution is 5.81. The quantitative estimate of drug-likeness (QED) is 0.943. The largest absolute Gasteiger partial charge is 0.368 e. The van der Waals surface area contributed by atoms with E-state index in [-0.39, 0.29) is 23.9 Å². The Morgan fingerprint density at radius 3 is 2.83 bits per heavy atom. The first-order valence-corrected chi connectivity index (χ1v) is 7.78. The number of amides is 1. The van der Waals surface area contributed by atoms with Crippen LogP contribution in [0.15, 0.2) is 30.5 Å². The van der Waals surface area contributed by atoms with Crippen molar-refractivity contribution in [2.45, 2.75) is 38.8 Å². The molecule has 1 amide bonds. The standard InChI is InChI=1S/C17H20FN3O2/c1-11(20-17(22)16-4-3-9-23-16)15-10-19-21(12(15)2)14-7-5-13(18)6-8-14/h5-8,10-11,16H,3-4,9H2,1-2H3,(H,20,22). The fourth-order valence-corrected chi connectivity index (χ4v) is 2.86. The summed E-state index contributed by atoms with van der Waals surface area (Å²) in [7, 11) is 0. The van der Waals surface area contributed by atoms with Crippen molar-refractivity contribution < 1.29 is 13.9 Å². The van der Waals surface area contributed by atoms with Gasteiger partial charge in [0, 0.05) is 17.9 Å². The summed E-state index contributed by atoms with van der Waals surface area (Å²) in [6.45, 7) is 4.50. The minimum absolute atomic E-state index is 0.0797. The number of hydrogen-bond acceptors (Lipinski definition) is 3. The van der Waals surface area contributed by atoms with Gasteiger partial charge in [0.05, 0.1) is 17.9 Å². The summed E-state index contributed by atoms with van der Waals surface area (Å²) in [5.74, 6) is -0.361. The molecule has 5 nitrogen and oxygen atoms in total. The van der Waals surface area contributed by atoms with Crippen LogP contribution >= 0.6 is 0 Å². The summed E-state index contributed by atoms with van der Waals surface area (Å²) < 4.78 is 20.2. The molecule has 1 aliphatic rings. The molecule has 1 aromatic heterocycles. The molecular formula is C17H20FN3O2. The first-order valence-electron chi connectivity index (χ1n) is 7.78. The third-order valence-corrected chi connectivity index (χ3v) is 4.17. The maximum atomic E-state index is 13.0. The summed E-state index contributed by atoms with van der Waals surface area (Å²) >= 11 is 0. The Balaban J connectivity index is 1.75. The first kappa shape index (κ1) is 15.7. The van der Waals surface area contributed by atoms with Crippen molar-refractivity contribution in [3.63, 3.8) is 0 Å². The molecule has 1 N–H and O–H groups in total. The van der Waals surface area contributed by atoms with E-state index in [2.05, 4.69) is 10.4 Å². The second kappa shape index (κ2) is 6.50. The van der Waals surface area contributed by atoms with Crippen molar-refractivity contribution in [2.24, 2.45) is 0 Å². The fraction of sp³-hybridized carbons (Fsp3) is 0.412. The summed E-state index contributed by atoms with van der Waals surface area (Å²) in [4.78, 5) is 12.1. The van der Waals surface area contributed by atoms with Crippen LogP contribution in [0.25, 0.3) is 5.69 Å². The number of nitrogens with one attached hydrogen (secondary N) is 1. The number of hydrogen-bond donors (Lipinski definition) is 1. The molecule has 0 radical (unpaired) electrons. The van der Waals surface area contributed by atoms with Crippen LogP contribution in [0.2, 0.25) is 0 Å². The normalized spacial score (nSPS) is 18.8. The van der Waals surface area contributed by atoms with Crippen LogP contribution < -0.4 is 5.32 Å². The van der Waals surface area contributed by atoms with Crippen LogP contribution in [0.5, 0.6) is 0 Å². The summed E-state index contributed by atoms with van der Waals surface area (Å²) in [6.07, 6.45) is 3.09. The summed E-state index contributed by atoms with van der Waals surface area (Å²) in [5, 5.41) is 7.33. The molecule has 3 rings (SSSR count). The Kier molecular flexibility index (Phi) is 4.43. The zero-order chi connectivity index (χ0) is 16.4. The molecular weight excluding hydrogens is 297 g/mol. The lowest BCUT2D eigenvalue weighted by Gasteiger charge is -2.17. The molecule has 2 heterocycles. The molecule has 2 atom stereocenters. The lowest BCUT2D eigenvalue weighted by molar-refractivity contribution is -0.130. The van der Waals surface area contributed by atoms with Crippen LogP contribution in [-0.2, 0) is 9.53 Å². The zero-order valence-corrected chi connectivity index (χ0v) is 13.3. The number of carbonyl (C=O) groups excluding carboxylic acids is 1. The molecule has 2 unspecified atom stereocenters. The van der Waals surface area contributed by atoms with Gasteiger partial charge in [-0.05, 0) is 51.0 Å². The van der Waals surface area contributed by atoms with Gasteiger partial charge < -0.3 is 10.1 Å². The lowest BCUT2D eigenvalue weighted by Crippen LogP contribution is -2.35. The van der Waals surface area contributed by atoms with Crippen molar-refractivity contribution in [1.82, 2.24) is 15.1 Å². The van der Waals surface area contributed by atoms with E-state index >= 15 is 0 Å². The SMILES string of the molecule is Cc1c(C(C)NC(=O)C2CCCO2)cnn1-c1ccc(F)cc1. The Morgan fingerprint density at radius 2 is 2.17 bits per heavy atom. The Bertz CT molecular complexity index is 690. The second-order valence-electron chi connectivity index (χ2n) is 5.81. The molecule has 0 spiro atoms. The van der Waals surface area contributed by atoms with E-state index in [0.29, 0.717) is 6.61 Å².